The van der Waals surface area contributed by atoms with E-state index in [9.17, 15) is 28.8 Å². The number of benzene rings is 4. The van der Waals surface area contributed by atoms with E-state index >= 15 is 0 Å². The first-order chi connectivity index (χ1) is 40.6. The number of nitrogens with one attached hydrogen (secondary N) is 3. The van der Waals surface area contributed by atoms with Gasteiger partial charge in [0, 0.05) is 57.4 Å². The Kier molecular flexibility index (Phi) is 15.0. The molecule has 3 N–H and O–H groups in total. The van der Waals surface area contributed by atoms with E-state index in [-0.39, 0.29) is 56.7 Å². The number of ether oxygens (including phenoxy) is 8. The number of nitrogens with zero attached hydrogens (tertiary/aromatic N) is 6. The maximum Gasteiger partial charge on any atom is 0.410 e. The Bertz CT molecular complexity index is 3420. The number of carbonyl (C=O) groups excluding carboxylic acids is 6. The molecule has 6 atom stereocenters. The fourth-order valence-corrected chi connectivity index (χ4v) is 12.1. The fraction of sp³-hybridized carbons (Fsp3) is 0.410. The largest absolute Gasteiger partial charge is 0.454 e. The number of imidazole rings is 1. The van der Waals surface area contributed by atoms with Crippen LogP contribution in [-0.2, 0) is 54.7 Å². The summed E-state index contributed by atoms with van der Waals surface area (Å²) in [5, 5.41) is 5.39. The van der Waals surface area contributed by atoms with E-state index in [0.717, 1.165) is 55.8 Å². The third kappa shape index (κ3) is 11.0. The summed E-state index contributed by atoms with van der Waals surface area (Å²) in [7, 11) is 2.49. The van der Waals surface area contributed by atoms with Gasteiger partial charge < -0.3 is 63.3 Å². The zero-order valence-electron chi connectivity index (χ0n) is 47.4. The standard InChI is InChI=1S/C61H65N9O14/c1-32(2)53(65-58(73)77-5)56(71)69-28-43(83-60(75)67-24-39-16-49-50(80-30-79-49)17-40(39)25-67)20-47(69)45-15-38(22-62-45)36-9-7-34(8-10-36)35-11-13-37(14-12-35)46-23-63-55(64-46)48-21-44(29-70(48)57(72)54(33(3)4)66-59(74)78-6)84-61(76)68-26-41-18-51-52(82-31-81-51)19-42(41)27-68/h7-14,16-19,22-23,32-33,43-44,47-48,53-54H,15,20-21,24-31H2,1-6H3,(H,63,64)(H,65,73)(H,66,74)/t43-,44-,47+,48+,53+,54+/m1/s1. The van der Waals surface area contributed by atoms with Gasteiger partial charge in [-0.05, 0) is 86.2 Å². The number of fused-ring (bicyclic) bond motifs is 4. The highest BCUT2D eigenvalue weighted by Gasteiger charge is 2.46. The molecule has 0 aliphatic carbocycles. The summed E-state index contributed by atoms with van der Waals surface area (Å²) >= 11 is 0. The highest BCUT2D eigenvalue weighted by Crippen LogP contribution is 2.42. The first-order valence-electron chi connectivity index (χ1n) is 28.1. The molecule has 0 unspecified atom stereocenters. The van der Waals surface area contributed by atoms with E-state index < -0.39 is 60.7 Å². The molecular formula is C61H65N9O14. The molecule has 4 aromatic carbocycles. The molecular weight excluding hydrogens is 1080 g/mol. The number of aromatic nitrogens is 2. The van der Waals surface area contributed by atoms with Crippen molar-refractivity contribution < 1.29 is 66.7 Å². The van der Waals surface area contributed by atoms with Gasteiger partial charge in [0.2, 0.25) is 25.4 Å². The molecule has 438 valence electrons. The minimum Gasteiger partial charge on any atom is -0.454 e. The smallest absolute Gasteiger partial charge is 0.410 e. The first-order valence-corrected chi connectivity index (χ1v) is 28.1. The monoisotopic (exact) mass is 1150 g/mol. The third-order valence-electron chi connectivity index (χ3n) is 16.6. The van der Waals surface area contributed by atoms with Crippen molar-refractivity contribution >= 4 is 47.5 Å². The number of aromatic amines is 1. The van der Waals surface area contributed by atoms with E-state index in [1.54, 1.807) is 25.8 Å². The number of aliphatic imine (C=N–C) groups is 1. The third-order valence-corrected chi connectivity index (χ3v) is 16.6. The molecule has 0 radical (unpaired) electrons. The highest BCUT2D eigenvalue weighted by atomic mass is 16.7. The van der Waals surface area contributed by atoms with Gasteiger partial charge in [0.1, 0.15) is 30.1 Å². The van der Waals surface area contributed by atoms with Crippen LogP contribution < -0.4 is 29.6 Å². The summed E-state index contributed by atoms with van der Waals surface area (Å²) in [4.78, 5) is 101. The van der Waals surface area contributed by atoms with Crippen LogP contribution in [0.25, 0.3) is 28.0 Å². The van der Waals surface area contributed by atoms with Crippen molar-refractivity contribution in [2.24, 2.45) is 16.8 Å². The molecule has 5 aromatic rings. The molecule has 2 fully saturated rings. The number of allylic oxidation sites excluding steroid dienone is 1. The number of methoxy groups -OCH3 is 2. The van der Waals surface area contributed by atoms with E-state index in [1.165, 1.54) is 14.2 Å². The van der Waals surface area contributed by atoms with Gasteiger partial charge >= 0.3 is 24.4 Å². The summed E-state index contributed by atoms with van der Waals surface area (Å²) in [6, 6.07) is 20.8. The Morgan fingerprint density at radius 1 is 0.583 bits per heavy atom. The number of amides is 6. The number of likely N-dealkylation sites (tertiary alicyclic amines) is 2. The molecule has 8 heterocycles. The average molecular weight is 1150 g/mol. The van der Waals surface area contributed by atoms with Crippen molar-refractivity contribution in [2.45, 2.75) is 110 Å². The Balaban J connectivity index is 0.702. The maximum absolute atomic E-state index is 14.4. The minimum absolute atomic E-state index is 0.0775. The fourth-order valence-electron chi connectivity index (χ4n) is 12.1. The number of alkyl carbamates (subject to hydrolysis) is 2. The molecule has 12 rings (SSSR count). The Morgan fingerprint density at radius 2 is 1.00 bits per heavy atom. The lowest BCUT2D eigenvalue weighted by Gasteiger charge is -2.30. The van der Waals surface area contributed by atoms with Crippen molar-refractivity contribution in [3.8, 4) is 45.4 Å². The van der Waals surface area contributed by atoms with Gasteiger partial charge in [0.05, 0.1) is 51.3 Å². The van der Waals surface area contributed by atoms with Crippen LogP contribution >= 0.6 is 0 Å². The summed E-state index contributed by atoms with van der Waals surface area (Å²) in [6.45, 7) is 9.23. The summed E-state index contributed by atoms with van der Waals surface area (Å²) in [6.07, 6.45) is 0.781. The van der Waals surface area contributed by atoms with Gasteiger partial charge in [-0.2, -0.15) is 0 Å². The van der Waals surface area contributed by atoms with Crippen LogP contribution in [0, 0.1) is 11.8 Å². The lowest BCUT2D eigenvalue weighted by Crippen LogP contribution is -2.53. The van der Waals surface area contributed by atoms with Crippen molar-refractivity contribution in [1.82, 2.24) is 40.2 Å². The van der Waals surface area contributed by atoms with Gasteiger partial charge in [-0.1, -0.05) is 76.2 Å². The summed E-state index contributed by atoms with van der Waals surface area (Å²) < 4.78 is 44.2. The molecule has 23 nitrogen and oxygen atoms in total. The van der Waals surface area contributed by atoms with E-state index in [4.69, 9.17) is 47.9 Å². The highest BCUT2D eigenvalue weighted by molar-refractivity contribution is 6.04. The van der Waals surface area contributed by atoms with Gasteiger partial charge in [-0.25, -0.2) is 24.2 Å². The Labute approximate surface area is 484 Å². The Hall–Kier alpha value is -9.28. The lowest BCUT2D eigenvalue weighted by molar-refractivity contribution is -0.136. The molecule has 6 amide bonds. The Morgan fingerprint density at radius 3 is 1.44 bits per heavy atom. The minimum atomic E-state index is -0.921. The average Bonchev–Trinajstić information content (AvgIpc) is 3.05. The van der Waals surface area contributed by atoms with Crippen LogP contribution in [0.4, 0.5) is 19.2 Å². The van der Waals surface area contributed by atoms with Crippen LogP contribution in [0.1, 0.15) is 86.6 Å². The number of H-pyrrole nitrogens is 1. The second-order valence-corrected chi connectivity index (χ2v) is 22.7. The van der Waals surface area contributed by atoms with Gasteiger partial charge in [0.15, 0.2) is 23.0 Å². The molecule has 2 saturated heterocycles. The maximum atomic E-state index is 14.4. The van der Waals surface area contributed by atoms with Crippen LogP contribution in [0.5, 0.6) is 23.0 Å². The first kappa shape index (κ1) is 55.3. The predicted octanol–water partition coefficient (Wildman–Crippen LogP) is 8.06. The second-order valence-electron chi connectivity index (χ2n) is 22.7. The van der Waals surface area contributed by atoms with Crippen LogP contribution in [0.15, 0.2) is 90.2 Å². The normalized spacial score (nSPS) is 20.6. The molecule has 84 heavy (non-hydrogen) atoms. The van der Waals surface area contributed by atoms with Crippen molar-refractivity contribution in [2.75, 3.05) is 40.9 Å². The lowest BCUT2D eigenvalue weighted by atomic mass is 9.95. The van der Waals surface area contributed by atoms with E-state index in [1.807, 2.05) is 107 Å². The predicted molar refractivity (Wildman–Crippen MR) is 301 cm³/mol. The van der Waals surface area contributed by atoms with E-state index in [0.29, 0.717) is 73.5 Å². The second kappa shape index (κ2) is 22.8. The van der Waals surface area contributed by atoms with E-state index in [2.05, 4.69) is 15.6 Å². The summed E-state index contributed by atoms with van der Waals surface area (Å²) in [5.74, 6) is 1.82. The number of carbonyl (C=O) groups is 6. The quantitative estimate of drug-likeness (QED) is 0.0943. The van der Waals surface area contributed by atoms with Gasteiger partial charge in [0.25, 0.3) is 0 Å². The van der Waals surface area contributed by atoms with Gasteiger partial charge in [-0.15, -0.1) is 0 Å². The molecule has 0 spiro atoms. The molecule has 0 saturated carbocycles. The number of hydrogen-bond donors (Lipinski definition) is 3. The van der Waals surface area contributed by atoms with Crippen LogP contribution in [0.2, 0.25) is 0 Å². The van der Waals surface area contributed by atoms with Crippen molar-refractivity contribution in [1.29, 1.82) is 0 Å². The molecule has 1 aromatic heterocycles. The number of hydrogen-bond acceptors (Lipinski definition) is 16. The molecule has 23 heteroatoms. The molecule has 0 bridgehead atoms. The van der Waals surface area contributed by atoms with Crippen molar-refractivity contribution in [3.63, 3.8) is 0 Å². The molecule has 7 aliphatic heterocycles. The zero-order valence-corrected chi connectivity index (χ0v) is 47.4. The van der Waals surface area contributed by atoms with Crippen LogP contribution in [0.3, 0.4) is 0 Å². The zero-order chi connectivity index (χ0) is 58.5. The SMILES string of the molecule is COC(=O)N[C@H](C(=O)N1C[C@H](OC(=O)N2Cc3cc4c(cc3C2)OCO4)C[C@H]1C1=NC=C(c2ccc(-c3ccc(-c4cnc([C@@H]5C[C@@H](OC(=O)N6Cc7cc8c(cc7C6)OCO8)CN5C(=O)[C@@H](NC(=O)OC)C(C)C)[nH]4)cc3)cc2)C1)C(C)C. The summed E-state index contributed by atoms with van der Waals surface area (Å²) in [5.41, 5.74) is 9.95. The number of rotatable bonds is 13. The van der Waals surface area contributed by atoms with Crippen molar-refractivity contribution in [3.05, 3.63) is 119 Å². The van der Waals surface area contributed by atoms with Crippen LogP contribution in [-0.4, -0.2) is 143 Å². The topological polar surface area (TPSA) is 254 Å². The van der Waals surface area contributed by atoms with Gasteiger partial charge in [-0.3, -0.25) is 24.4 Å². The molecule has 7 aliphatic rings.